The van der Waals surface area contributed by atoms with E-state index in [1.165, 1.54) is 12.1 Å². The average Bonchev–Trinajstić information content (AvgIpc) is 2.48. The Morgan fingerprint density at radius 1 is 0.960 bits per heavy atom. The molecule has 0 saturated carbocycles. The highest BCUT2D eigenvalue weighted by Gasteiger charge is 2.16. The summed E-state index contributed by atoms with van der Waals surface area (Å²) in [5.41, 5.74) is 0.422. The van der Waals surface area contributed by atoms with Crippen LogP contribution in [0.25, 0.3) is 0 Å². The lowest BCUT2D eigenvalue weighted by molar-refractivity contribution is -0.160. The maximum absolute atomic E-state index is 11.9. The monoisotopic (exact) mass is 374 g/mol. The van der Waals surface area contributed by atoms with Gasteiger partial charge in [-0.1, -0.05) is 17.7 Å². The lowest BCUT2D eigenvalue weighted by Gasteiger charge is -2.19. The normalized spacial score (nSPS) is 12.2. The second kappa shape index (κ2) is 9.86. The Balaban J connectivity index is 2.12. The van der Waals surface area contributed by atoms with E-state index in [0.717, 1.165) is 5.56 Å². The van der Waals surface area contributed by atoms with Gasteiger partial charge < -0.3 is 14.2 Å². The first kappa shape index (κ1) is 21.6. The molecule has 0 unspecified atom stereocenters. The second-order valence-electron chi connectivity index (χ2n) is 6.34. The Hall–Kier alpha value is -1.48. The molecule has 0 heterocycles. The SMILES string of the molecule is Cc1ccc(S(=O)(=O)OCCOCCOCC(=O)OC(C)(C)C)cc1. The van der Waals surface area contributed by atoms with Crippen molar-refractivity contribution in [2.45, 2.75) is 38.2 Å². The first-order valence-electron chi connectivity index (χ1n) is 7.93. The van der Waals surface area contributed by atoms with Crippen LogP contribution in [-0.4, -0.2) is 53.0 Å². The molecular formula is C17H26O7S. The summed E-state index contributed by atoms with van der Waals surface area (Å²) in [6.07, 6.45) is 0. The van der Waals surface area contributed by atoms with Crippen molar-refractivity contribution in [2.24, 2.45) is 0 Å². The number of ether oxygens (including phenoxy) is 3. The third kappa shape index (κ3) is 9.54. The van der Waals surface area contributed by atoms with Crippen molar-refractivity contribution in [2.75, 3.05) is 33.0 Å². The zero-order valence-corrected chi connectivity index (χ0v) is 15.9. The first-order valence-corrected chi connectivity index (χ1v) is 9.34. The molecule has 0 aliphatic heterocycles. The largest absolute Gasteiger partial charge is 0.458 e. The molecule has 0 saturated heterocycles. The summed E-state index contributed by atoms with van der Waals surface area (Å²) in [6, 6.07) is 6.40. The van der Waals surface area contributed by atoms with E-state index >= 15 is 0 Å². The van der Waals surface area contributed by atoms with Gasteiger partial charge in [0.05, 0.1) is 31.3 Å². The van der Waals surface area contributed by atoms with Crippen molar-refractivity contribution in [3.8, 4) is 0 Å². The van der Waals surface area contributed by atoms with E-state index in [4.69, 9.17) is 18.4 Å². The fourth-order valence-corrected chi connectivity index (χ4v) is 2.61. The van der Waals surface area contributed by atoms with Crippen LogP contribution in [-0.2, 0) is 33.3 Å². The lowest BCUT2D eigenvalue weighted by atomic mass is 10.2. The van der Waals surface area contributed by atoms with E-state index in [-0.39, 0.29) is 37.9 Å². The van der Waals surface area contributed by atoms with Crippen molar-refractivity contribution in [1.29, 1.82) is 0 Å². The molecule has 0 bridgehead atoms. The molecule has 142 valence electrons. The van der Waals surface area contributed by atoms with Gasteiger partial charge in [0.25, 0.3) is 10.1 Å². The minimum Gasteiger partial charge on any atom is -0.458 e. The maximum Gasteiger partial charge on any atom is 0.332 e. The smallest absolute Gasteiger partial charge is 0.332 e. The molecule has 0 aliphatic carbocycles. The van der Waals surface area contributed by atoms with Crippen molar-refractivity contribution in [1.82, 2.24) is 0 Å². The van der Waals surface area contributed by atoms with Crippen LogP contribution in [0.15, 0.2) is 29.2 Å². The minimum absolute atomic E-state index is 0.0950. The molecule has 1 rings (SSSR count). The third-order valence-corrected chi connectivity index (χ3v) is 4.11. The van der Waals surface area contributed by atoms with Gasteiger partial charge >= 0.3 is 5.97 Å². The van der Waals surface area contributed by atoms with E-state index < -0.39 is 21.7 Å². The number of carbonyl (C=O) groups is 1. The van der Waals surface area contributed by atoms with Crippen LogP contribution >= 0.6 is 0 Å². The zero-order valence-electron chi connectivity index (χ0n) is 15.1. The summed E-state index contributed by atoms with van der Waals surface area (Å²) in [7, 11) is -3.78. The van der Waals surface area contributed by atoms with Crippen LogP contribution in [0.3, 0.4) is 0 Å². The molecule has 1 aromatic carbocycles. The van der Waals surface area contributed by atoms with Gasteiger partial charge in [-0.25, -0.2) is 4.79 Å². The van der Waals surface area contributed by atoms with Gasteiger partial charge in [-0.2, -0.15) is 8.42 Å². The standard InChI is InChI=1S/C17H26O7S/c1-14-5-7-15(8-6-14)25(19,20)23-12-11-21-9-10-22-13-16(18)24-17(2,3)4/h5-8H,9-13H2,1-4H3. The summed E-state index contributed by atoms with van der Waals surface area (Å²) >= 11 is 0. The Labute approximate surface area is 149 Å². The molecule has 1 aromatic rings. The fraction of sp³-hybridized carbons (Fsp3) is 0.588. The fourth-order valence-electron chi connectivity index (χ4n) is 1.72. The molecule has 0 atom stereocenters. The van der Waals surface area contributed by atoms with Crippen LogP contribution in [0.1, 0.15) is 26.3 Å². The number of carbonyl (C=O) groups excluding carboxylic acids is 1. The molecule has 0 amide bonds. The topological polar surface area (TPSA) is 88.1 Å². The van der Waals surface area contributed by atoms with E-state index in [1.54, 1.807) is 32.9 Å². The Morgan fingerprint density at radius 2 is 1.52 bits per heavy atom. The van der Waals surface area contributed by atoms with Crippen molar-refractivity contribution >= 4 is 16.1 Å². The molecule has 0 N–H and O–H groups in total. The van der Waals surface area contributed by atoms with E-state index in [9.17, 15) is 13.2 Å². The summed E-state index contributed by atoms with van der Waals surface area (Å²) in [5, 5.41) is 0. The van der Waals surface area contributed by atoms with Gasteiger partial charge in [-0.3, -0.25) is 4.18 Å². The van der Waals surface area contributed by atoms with Gasteiger partial charge in [0.1, 0.15) is 12.2 Å². The van der Waals surface area contributed by atoms with Gasteiger partial charge in [0, 0.05) is 0 Å². The molecule has 0 fully saturated rings. The Bertz CT molecular complexity index is 630. The molecule has 0 aromatic heterocycles. The number of hydrogen-bond donors (Lipinski definition) is 0. The van der Waals surface area contributed by atoms with E-state index in [0.29, 0.717) is 0 Å². The molecule has 25 heavy (non-hydrogen) atoms. The summed E-state index contributed by atoms with van der Waals surface area (Å²) in [4.78, 5) is 11.5. The predicted molar refractivity (Wildman–Crippen MR) is 91.8 cm³/mol. The molecule has 0 aliphatic rings. The Morgan fingerprint density at radius 3 is 2.12 bits per heavy atom. The summed E-state index contributed by atoms with van der Waals surface area (Å²) < 4.78 is 44.1. The van der Waals surface area contributed by atoms with Crippen LogP contribution in [0, 0.1) is 6.92 Å². The molecule has 7 nitrogen and oxygen atoms in total. The number of hydrogen-bond acceptors (Lipinski definition) is 7. The number of aryl methyl sites for hydroxylation is 1. The van der Waals surface area contributed by atoms with Crippen LogP contribution in [0.4, 0.5) is 0 Å². The van der Waals surface area contributed by atoms with Gasteiger partial charge in [-0.05, 0) is 39.8 Å². The van der Waals surface area contributed by atoms with Crippen molar-refractivity contribution < 1.29 is 31.6 Å². The van der Waals surface area contributed by atoms with Gasteiger partial charge in [0.2, 0.25) is 0 Å². The van der Waals surface area contributed by atoms with Crippen LogP contribution in [0.5, 0.6) is 0 Å². The highest BCUT2D eigenvalue weighted by Crippen LogP contribution is 2.12. The van der Waals surface area contributed by atoms with Gasteiger partial charge in [-0.15, -0.1) is 0 Å². The highest BCUT2D eigenvalue weighted by atomic mass is 32.2. The number of esters is 1. The highest BCUT2D eigenvalue weighted by molar-refractivity contribution is 7.86. The van der Waals surface area contributed by atoms with Crippen molar-refractivity contribution in [3.05, 3.63) is 29.8 Å². The molecular weight excluding hydrogens is 348 g/mol. The van der Waals surface area contributed by atoms with E-state index in [1.807, 2.05) is 6.92 Å². The quantitative estimate of drug-likeness (QED) is 0.352. The molecule has 0 radical (unpaired) electrons. The number of benzene rings is 1. The van der Waals surface area contributed by atoms with Crippen molar-refractivity contribution in [3.63, 3.8) is 0 Å². The molecule has 0 spiro atoms. The minimum atomic E-state index is -3.78. The van der Waals surface area contributed by atoms with Gasteiger partial charge in [0.15, 0.2) is 0 Å². The predicted octanol–water partition coefficient (Wildman–Crippen LogP) is 2.08. The second-order valence-corrected chi connectivity index (χ2v) is 7.96. The summed E-state index contributed by atoms with van der Waals surface area (Å²) in [6.45, 7) is 7.47. The number of rotatable bonds is 10. The zero-order chi connectivity index (χ0) is 18.9. The third-order valence-electron chi connectivity index (χ3n) is 2.79. The molecule has 8 heteroatoms. The first-order chi connectivity index (χ1) is 11.6. The Kier molecular flexibility index (Phi) is 8.51. The lowest BCUT2D eigenvalue weighted by Crippen LogP contribution is -2.27. The van der Waals surface area contributed by atoms with E-state index in [2.05, 4.69) is 0 Å². The average molecular weight is 374 g/mol. The van der Waals surface area contributed by atoms with Crippen LogP contribution < -0.4 is 0 Å². The van der Waals surface area contributed by atoms with Crippen LogP contribution in [0.2, 0.25) is 0 Å². The maximum atomic E-state index is 11.9. The summed E-state index contributed by atoms with van der Waals surface area (Å²) in [5.74, 6) is -0.444.